The van der Waals surface area contributed by atoms with Gasteiger partial charge < -0.3 is 15.3 Å². The first-order chi connectivity index (χ1) is 13.2. The number of para-hydroxylation sites is 1. The van der Waals surface area contributed by atoms with E-state index in [0.717, 1.165) is 23.0 Å². The summed E-state index contributed by atoms with van der Waals surface area (Å²) in [7, 11) is 0. The Kier molecular flexibility index (Phi) is 11.7. The van der Waals surface area contributed by atoms with Gasteiger partial charge in [0.05, 0.1) is 0 Å². The second-order valence-electron chi connectivity index (χ2n) is 5.58. The predicted molar refractivity (Wildman–Crippen MR) is 108 cm³/mol. The van der Waals surface area contributed by atoms with E-state index in [1.807, 2.05) is 48.5 Å². The Labute approximate surface area is 160 Å². The summed E-state index contributed by atoms with van der Waals surface area (Å²) in [6.45, 7) is 0.338. The number of aromatic hydroxyl groups is 1. The summed E-state index contributed by atoms with van der Waals surface area (Å²) in [5, 5.41) is 26.1. The zero-order chi connectivity index (χ0) is 19.7. The van der Waals surface area contributed by atoms with Crippen LogP contribution in [-0.4, -0.2) is 34.8 Å². The number of aliphatic hydroxyl groups is 2. The first-order valence-corrected chi connectivity index (χ1v) is 8.74. The van der Waals surface area contributed by atoms with Gasteiger partial charge in [0.2, 0.25) is 0 Å². The van der Waals surface area contributed by atoms with Crippen LogP contribution in [0.2, 0.25) is 0 Å². The molecule has 0 saturated carbocycles. The van der Waals surface area contributed by atoms with Gasteiger partial charge in [0, 0.05) is 18.8 Å². The van der Waals surface area contributed by atoms with E-state index in [-0.39, 0.29) is 13.2 Å². The largest absolute Gasteiger partial charge is 0.508 e. The van der Waals surface area contributed by atoms with Crippen molar-refractivity contribution in [3.8, 4) is 5.75 Å². The molecule has 3 aromatic rings. The molecule has 0 unspecified atom stereocenters. The molecule has 27 heavy (non-hydrogen) atoms. The standard InChI is InChI=1S/C10H14O2.C7H6O.C6H6O/c11-7-5-9-3-1-2-4-10(9)6-8-12;8-6-7-4-2-1-3-5-7;7-6-4-2-1-3-5-6/h1-4,11-12H,5-8H2;1-6H;1-5,7H. The van der Waals surface area contributed by atoms with Crippen molar-refractivity contribution < 1.29 is 20.1 Å². The second kappa shape index (κ2) is 14.2. The molecule has 0 saturated heterocycles. The van der Waals surface area contributed by atoms with Crippen molar-refractivity contribution in [1.29, 1.82) is 0 Å². The molecule has 4 nitrogen and oxygen atoms in total. The fourth-order valence-electron chi connectivity index (χ4n) is 2.25. The zero-order valence-electron chi connectivity index (χ0n) is 15.2. The van der Waals surface area contributed by atoms with Gasteiger partial charge in [0.25, 0.3) is 0 Å². The van der Waals surface area contributed by atoms with Crippen LogP contribution in [0.5, 0.6) is 5.75 Å². The molecule has 4 heteroatoms. The van der Waals surface area contributed by atoms with E-state index in [1.165, 1.54) is 0 Å². The van der Waals surface area contributed by atoms with Crippen molar-refractivity contribution in [3.63, 3.8) is 0 Å². The molecule has 0 bridgehead atoms. The van der Waals surface area contributed by atoms with Crippen LogP contribution in [0.3, 0.4) is 0 Å². The summed E-state index contributed by atoms with van der Waals surface area (Å²) in [5.74, 6) is 0.322. The van der Waals surface area contributed by atoms with Gasteiger partial charge in [-0.1, -0.05) is 72.8 Å². The molecule has 0 aliphatic heterocycles. The molecule has 0 heterocycles. The number of carbonyl (C=O) groups excluding carboxylic acids is 1. The summed E-state index contributed by atoms with van der Waals surface area (Å²) in [4.78, 5) is 10.0. The summed E-state index contributed by atoms with van der Waals surface area (Å²) in [6.07, 6.45) is 2.19. The lowest BCUT2D eigenvalue weighted by Crippen LogP contribution is -1.99. The second-order valence-corrected chi connectivity index (χ2v) is 5.58. The number of aldehydes is 1. The maximum absolute atomic E-state index is 10.0. The van der Waals surface area contributed by atoms with Crippen LogP contribution >= 0.6 is 0 Å². The van der Waals surface area contributed by atoms with Crippen LogP contribution in [0.1, 0.15) is 21.5 Å². The molecule has 0 aliphatic carbocycles. The van der Waals surface area contributed by atoms with Crippen LogP contribution in [0.25, 0.3) is 0 Å². The Balaban J connectivity index is 0.000000212. The Bertz CT molecular complexity index is 718. The summed E-state index contributed by atoms with van der Waals surface area (Å²) < 4.78 is 0. The Morgan fingerprint density at radius 1 is 0.630 bits per heavy atom. The number of benzene rings is 3. The fourth-order valence-corrected chi connectivity index (χ4v) is 2.25. The molecule has 0 spiro atoms. The highest BCUT2D eigenvalue weighted by Crippen LogP contribution is 2.09. The van der Waals surface area contributed by atoms with Gasteiger partial charge in [-0.3, -0.25) is 4.79 Å². The van der Waals surface area contributed by atoms with Crippen LogP contribution in [0.4, 0.5) is 0 Å². The quantitative estimate of drug-likeness (QED) is 0.603. The molecule has 3 N–H and O–H groups in total. The smallest absolute Gasteiger partial charge is 0.150 e. The molecule has 142 valence electrons. The number of rotatable bonds is 5. The third-order valence-corrected chi connectivity index (χ3v) is 3.57. The molecular weight excluding hydrogens is 340 g/mol. The molecule has 0 fully saturated rings. The van der Waals surface area contributed by atoms with E-state index in [9.17, 15) is 4.79 Å². The normalized spacial score (nSPS) is 9.26. The van der Waals surface area contributed by atoms with Crippen molar-refractivity contribution >= 4 is 6.29 Å². The van der Waals surface area contributed by atoms with Gasteiger partial charge in [-0.2, -0.15) is 0 Å². The van der Waals surface area contributed by atoms with Gasteiger partial charge in [-0.05, 0) is 36.1 Å². The SMILES string of the molecule is O=Cc1ccccc1.OCCc1ccccc1CCO.Oc1ccccc1. The molecule has 0 amide bonds. The van der Waals surface area contributed by atoms with Crippen LogP contribution < -0.4 is 0 Å². The maximum atomic E-state index is 10.0. The molecular formula is C23H26O4. The molecule has 3 aromatic carbocycles. The van der Waals surface area contributed by atoms with Crippen LogP contribution in [0.15, 0.2) is 84.9 Å². The minimum atomic E-state index is 0.169. The lowest BCUT2D eigenvalue weighted by molar-refractivity contribution is 0.112. The van der Waals surface area contributed by atoms with Gasteiger partial charge in [-0.15, -0.1) is 0 Å². The summed E-state index contributed by atoms with van der Waals surface area (Å²) >= 11 is 0. The minimum Gasteiger partial charge on any atom is -0.508 e. The fraction of sp³-hybridized carbons (Fsp3) is 0.174. The third kappa shape index (κ3) is 9.94. The van der Waals surface area contributed by atoms with E-state index < -0.39 is 0 Å². The van der Waals surface area contributed by atoms with Crippen molar-refractivity contribution in [2.75, 3.05) is 13.2 Å². The lowest BCUT2D eigenvalue weighted by Gasteiger charge is -2.05. The highest BCUT2D eigenvalue weighted by Gasteiger charge is 1.99. The third-order valence-electron chi connectivity index (χ3n) is 3.57. The molecule has 3 rings (SSSR count). The van der Waals surface area contributed by atoms with E-state index in [4.69, 9.17) is 15.3 Å². The molecule has 0 aromatic heterocycles. The first kappa shape index (κ1) is 22.1. The Morgan fingerprint density at radius 2 is 1.04 bits per heavy atom. The maximum Gasteiger partial charge on any atom is 0.150 e. The van der Waals surface area contributed by atoms with Crippen molar-refractivity contribution in [2.24, 2.45) is 0 Å². The average Bonchev–Trinajstić information content (AvgIpc) is 2.72. The highest BCUT2D eigenvalue weighted by molar-refractivity contribution is 5.74. The van der Waals surface area contributed by atoms with Crippen LogP contribution in [0, 0.1) is 0 Å². The minimum absolute atomic E-state index is 0.169. The summed E-state index contributed by atoms with van der Waals surface area (Å²) in [6, 6.07) is 25.7. The topological polar surface area (TPSA) is 77.8 Å². The van der Waals surface area contributed by atoms with Crippen molar-refractivity contribution in [2.45, 2.75) is 12.8 Å². The van der Waals surface area contributed by atoms with Gasteiger partial charge >= 0.3 is 0 Å². The van der Waals surface area contributed by atoms with Gasteiger partial charge in [0.15, 0.2) is 0 Å². The van der Waals surface area contributed by atoms with Crippen molar-refractivity contribution in [1.82, 2.24) is 0 Å². The zero-order valence-corrected chi connectivity index (χ0v) is 15.2. The van der Waals surface area contributed by atoms with Gasteiger partial charge in [-0.25, -0.2) is 0 Å². The number of carbonyl (C=O) groups is 1. The predicted octanol–water partition coefficient (Wildman–Crippen LogP) is 3.65. The molecule has 0 atom stereocenters. The lowest BCUT2D eigenvalue weighted by atomic mass is 10.0. The van der Waals surface area contributed by atoms with Crippen molar-refractivity contribution in [3.05, 3.63) is 102 Å². The van der Waals surface area contributed by atoms with E-state index in [2.05, 4.69) is 0 Å². The Morgan fingerprint density at radius 3 is 1.33 bits per heavy atom. The van der Waals surface area contributed by atoms with Crippen LogP contribution in [-0.2, 0) is 12.8 Å². The number of phenols is 1. The van der Waals surface area contributed by atoms with E-state index in [1.54, 1.807) is 36.4 Å². The number of hydrogen-bond acceptors (Lipinski definition) is 4. The van der Waals surface area contributed by atoms with E-state index in [0.29, 0.717) is 18.6 Å². The average molecular weight is 366 g/mol. The monoisotopic (exact) mass is 366 g/mol. The van der Waals surface area contributed by atoms with Gasteiger partial charge in [0.1, 0.15) is 12.0 Å². The van der Waals surface area contributed by atoms with E-state index >= 15 is 0 Å². The molecule has 0 aliphatic rings. The summed E-state index contributed by atoms with van der Waals surface area (Å²) in [5.41, 5.74) is 3.00. The first-order valence-electron chi connectivity index (χ1n) is 8.74. The molecule has 0 radical (unpaired) electrons. The number of hydrogen-bond donors (Lipinski definition) is 3. The Hall–Kier alpha value is -2.95. The number of phenolic OH excluding ortho intramolecular Hbond substituents is 1. The number of aliphatic hydroxyl groups excluding tert-OH is 2. The highest BCUT2D eigenvalue weighted by atomic mass is 16.3.